The SMILES string of the molecule is CC(=O)/C=C/C[C@@H]1CCCN1C(C)C. The lowest BCUT2D eigenvalue weighted by Gasteiger charge is -2.27. The van der Waals surface area contributed by atoms with Crippen LogP contribution >= 0.6 is 0 Å². The first kappa shape index (κ1) is 11.4. The number of ketones is 1. The smallest absolute Gasteiger partial charge is 0.152 e. The van der Waals surface area contributed by atoms with Gasteiger partial charge in [0.1, 0.15) is 0 Å². The number of nitrogens with zero attached hydrogens (tertiary/aromatic N) is 1. The quantitative estimate of drug-likeness (QED) is 0.642. The molecule has 0 radical (unpaired) electrons. The number of rotatable bonds is 4. The summed E-state index contributed by atoms with van der Waals surface area (Å²) in [6, 6.07) is 1.29. The molecule has 0 spiro atoms. The van der Waals surface area contributed by atoms with Crippen molar-refractivity contribution >= 4 is 5.78 Å². The summed E-state index contributed by atoms with van der Waals surface area (Å²) in [6.45, 7) is 7.31. The second-order valence-corrected chi connectivity index (χ2v) is 4.38. The Morgan fingerprint density at radius 2 is 2.29 bits per heavy atom. The summed E-state index contributed by atoms with van der Waals surface area (Å²) in [5.41, 5.74) is 0. The molecule has 1 aliphatic rings. The molecule has 14 heavy (non-hydrogen) atoms. The molecule has 1 fully saturated rings. The number of hydrogen-bond acceptors (Lipinski definition) is 2. The zero-order valence-electron chi connectivity index (χ0n) is 9.49. The van der Waals surface area contributed by atoms with E-state index in [2.05, 4.69) is 18.7 Å². The topological polar surface area (TPSA) is 20.3 Å². The summed E-state index contributed by atoms with van der Waals surface area (Å²) in [5, 5.41) is 0. The third-order valence-corrected chi connectivity index (χ3v) is 2.85. The van der Waals surface area contributed by atoms with Crippen LogP contribution in [-0.2, 0) is 4.79 Å². The highest BCUT2D eigenvalue weighted by Crippen LogP contribution is 2.22. The lowest BCUT2D eigenvalue weighted by atomic mass is 10.1. The first-order valence-electron chi connectivity index (χ1n) is 5.54. The summed E-state index contributed by atoms with van der Waals surface area (Å²) >= 11 is 0. The average molecular weight is 195 g/mol. The van der Waals surface area contributed by atoms with Crippen LogP contribution in [0.25, 0.3) is 0 Å². The van der Waals surface area contributed by atoms with E-state index < -0.39 is 0 Å². The van der Waals surface area contributed by atoms with E-state index in [0.717, 1.165) is 6.42 Å². The Balaban J connectivity index is 2.40. The zero-order valence-corrected chi connectivity index (χ0v) is 9.49. The van der Waals surface area contributed by atoms with Crippen LogP contribution in [0.2, 0.25) is 0 Å². The molecular weight excluding hydrogens is 174 g/mol. The van der Waals surface area contributed by atoms with Crippen LogP contribution in [0.1, 0.15) is 40.0 Å². The summed E-state index contributed by atoms with van der Waals surface area (Å²) in [6.07, 6.45) is 7.32. The normalized spacial score (nSPS) is 23.9. The van der Waals surface area contributed by atoms with Crippen molar-refractivity contribution < 1.29 is 4.79 Å². The molecule has 80 valence electrons. The third-order valence-electron chi connectivity index (χ3n) is 2.85. The Kier molecular flexibility index (Phi) is 4.33. The average Bonchev–Trinajstić information content (AvgIpc) is 2.51. The van der Waals surface area contributed by atoms with E-state index in [1.54, 1.807) is 13.0 Å². The lowest BCUT2D eigenvalue weighted by Crippen LogP contribution is -2.35. The van der Waals surface area contributed by atoms with E-state index in [9.17, 15) is 4.79 Å². The van der Waals surface area contributed by atoms with Gasteiger partial charge >= 0.3 is 0 Å². The van der Waals surface area contributed by atoms with Crippen molar-refractivity contribution in [2.75, 3.05) is 6.54 Å². The Hall–Kier alpha value is -0.630. The van der Waals surface area contributed by atoms with Gasteiger partial charge in [0.2, 0.25) is 0 Å². The first-order chi connectivity index (χ1) is 6.61. The Morgan fingerprint density at radius 1 is 1.57 bits per heavy atom. The van der Waals surface area contributed by atoms with Gasteiger partial charge in [-0.05, 0) is 52.7 Å². The van der Waals surface area contributed by atoms with Crippen LogP contribution in [0.3, 0.4) is 0 Å². The molecule has 0 bridgehead atoms. The predicted octanol–water partition coefficient (Wildman–Crippen LogP) is 2.39. The lowest BCUT2D eigenvalue weighted by molar-refractivity contribution is -0.112. The molecule has 0 aromatic heterocycles. The molecule has 1 atom stereocenters. The van der Waals surface area contributed by atoms with Crippen LogP contribution in [0, 0.1) is 0 Å². The van der Waals surface area contributed by atoms with Crippen LogP contribution in [0.5, 0.6) is 0 Å². The van der Waals surface area contributed by atoms with Crippen LogP contribution in [0.15, 0.2) is 12.2 Å². The van der Waals surface area contributed by atoms with Gasteiger partial charge in [-0.1, -0.05) is 6.08 Å². The Bertz CT molecular complexity index is 220. The van der Waals surface area contributed by atoms with Crippen LogP contribution < -0.4 is 0 Å². The summed E-state index contributed by atoms with van der Waals surface area (Å²) in [5.74, 6) is 0.152. The van der Waals surface area contributed by atoms with Crippen molar-refractivity contribution in [3.8, 4) is 0 Å². The number of carbonyl (C=O) groups excluding carboxylic acids is 1. The fourth-order valence-corrected chi connectivity index (χ4v) is 2.18. The molecule has 1 saturated heterocycles. The number of hydrogen-bond donors (Lipinski definition) is 0. The van der Waals surface area contributed by atoms with Crippen molar-refractivity contribution in [1.82, 2.24) is 4.90 Å². The molecule has 2 nitrogen and oxygen atoms in total. The van der Waals surface area contributed by atoms with Crippen molar-refractivity contribution in [3.05, 3.63) is 12.2 Å². The predicted molar refractivity (Wildman–Crippen MR) is 59.3 cm³/mol. The summed E-state index contributed by atoms with van der Waals surface area (Å²) in [4.78, 5) is 13.3. The van der Waals surface area contributed by atoms with Gasteiger partial charge in [0.25, 0.3) is 0 Å². The molecular formula is C12H21NO. The van der Waals surface area contributed by atoms with E-state index >= 15 is 0 Å². The Morgan fingerprint density at radius 3 is 2.86 bits per heavy atom. The Labute approximate surface area is 87.0 Å². The van der Waals surface area contributed by atoms with Gasteiger partial charge in [-0.3, -0.25) is 9.69 Å². The van der Waals surface area contributed by atoms with E-state index in [1.165, 1.54) is 19.4 Å². The largest absolute Gasteiger partial charge is 0.298 e. The number of likely N-dealkylation sites (tertiary alicyclic amines) is 1. The highest BCUT2D eigenvalue weighted by atomic mass is 16.1. The van der Waals surface area contributed by atoms with E-state index in [1.807, 2.05) is 6.08 Å². The van der Waals surface area contributed by atoms with E-state index in [4.69, 9.17) is 0 Å². The summed E-state index contributed by atoms with van der Waals surface area (Å²) < 4.78 is 0. The second-order valence-electron chi connectivity index (χ2n) is 4.38. The van der Waals surface area contributed by atoms with Crippen molar-refractivity contribution in [1.29, 1.82) is 0 Å². The molecule has 0 saturated carbocycles. The van der Waals surface area contributed by atoms with Crippen LogP contribution in [-0.4, -0.2) is 29.3 Å². The van der Waals surface area contributed by atoms with Crippen molar-refractivity contribution in [2.24, 2.45) is 0 Å². The third kappa shape index (κ3) is 3.26. The zero-order chi connectivity index (χ0) is 10.6. The van der Waals surface area contributed by atoms with Crippen molar-refractivity contribution in [3.63, 3.8) is 0 Å². The van der Waals surface area contributed by atoms with Gasteiger partial charge in [0, 0.05) is 12.1 Å². The van der Waals surface area contributed by atoms with Crippen molar-refractivity contribution in [2.45, 2.75) is 52.1 Å². The molecule has 2 heteroatoms. The highest BCUT2D eigenvalue weighted by Gasteiger charge is 2.24. The number of allylic oxidation sites excluding steroid dienone is 1. The minimum Gasteiger partial charge on any atom is -0.298 e. The van der Waals surface area contributed by atoms with E-state index in [-0.39, 0.29) is 5.78 Å². The molecule has 0 aromatic carbocycles. The molecule has 1 heterocycles. The molecule has 0 N–H and O–H groups in total. The van der Waals surface area contributed by atoms with Gasteiger partial charge in [-0.15, -0.1) is 0 Å². The standard InChI is InChI=1S/C12H21NO/c1-10(2)13-9-5-8-12(13)7-4-6-11(3)14/h4,6,10,12H,5,7-9H2,1-3H3/b6-4+/t12-/m1/s1. The fourth-order valence-electron chi connectivity index (χ4n) is 2.18. The fraction of sp³-hybridized carbons (Fsp3) is 0.750. The van der Waals surface area contributed by atoms with Gasteiger partial charge < -0.3 is 0 Å². The maximum Gasteiger partial charge on any atom is 0.152 e. The highest BCUT2D eigenvalue weighted by molar-refractivity contribution is 5.87. The number of carbonyl (C=O) groups is 1. The first-order valence-corrected chi connectivity index (χ1v) is 5.54. The van der Waals surface area contributed by atoms with Gasteiger partial charge in [-0.25, -0.2) is 0 Å². The maximum atomic E-state index is 10.7. The van der Waals surface area contributed by atoms with E-state index in [0.29, 0.717) is 12.1 Å². The molecule has 0 amide bonds. The van der Waals surface area contributed by atoms with Gasteiger partial charge in [0.15, 0.2) is 5.78 Å². The monoisotopic (exact) mass is 195 g/mol. The summed E-state index contributed by atoms with van der Waals surface area (Å²) in [7, 11) is 0. The second kappa shape index (κ2) is 5.30. The molecule has 0 unspecified atom stereocenters. The molecule has 1 aliphatic heterocycles. The molecule has 1 rings (SSSR count). The molecule has 0 aromatic rings. The van der Waals surface area contributed by atoms with Gasteiger partial charge in [-0.2, -0.15) is 0 Å². The van der Waals surface area contributed by atoms with Gasteiger partial charge in [0.05, 0.1) is 0 Å². The maximum absolute atomic E-state index is 10.7. The minimum absolute atomic E-state index is 0.152. The minimum atomic E-state index is 0.152. The molecule has 0 aliphatic carbocycles. The van der Waals surface area contributed by atoms with Crippen LogP contribution in [0.4, 0.5) is 0 Å².